The quantitative estimate of drug-likeness (QED) is 0.611. The van der Waals surface area contributed by atoms with Crippen molar-refractivity contribution >= 4 is 13.5 Å². The molecule has 0 saturated carbocycles. The number of rotatable bonds is 4. The Morgan fingerprint density at radius 1 is 1.23 bits per heavy atom. The molecule has 1 rings (SSSR count). The van der Waals surface area contributed by atoms with E-state index in [0.717, 1.165) is 12.8 Å². The van der Waals surface area contributed by atoms with Gasteiger partial charge in [0.05, 0.1) is 0 Å². The molecule has 0 aliphatic carbocycles. The van der Waals surface area contributed by atoms with Gasteiger partial charge in [0, 0.05) is 0 Å². The Labute approximate surface area is 82.1 Å². The van der Waals surface area contributed by atoms with Gasteiger partial charge in [0.1, 0.15) is 0 Å². The summed E-state index contributed by atoms with van der Waals surface area (Å²) < 4.78 is 0. The van der Waals surface area contributed by atoms with Crippen molar-refractivity contribution in [3.63, 3.8) is 0 Å². The summed E-state index contributed by atoms with van der Waals surface area (Å²) >= 11 is 0. The molecule has 1 radical (unpaired) electrons. The molecule has 67 valence electrons. The van der Waals surface area contributed by atoms with Crippen LogP contribution in [0.2, 0.25) is 0 Å². The molecule has 0 bridgehead atoms. The average Bonchev–Trinajstić information content (AvgIpc) is 2.17. The second-order valence-corrected chi connectivity index (χ2v) is 4.14. The van der Waals surface area contributed by atoms with Crippen LogP contribution >= 0.6 is 0 Å². The zero-order chi connectivity index (χ0) is 9.73. The van der Waals surface area contributed by atoms with Crippen LogP contribution in [0.3, 0.4) is 0 Å². The van der Waals surface area contributed by atoms with Crippen LogP contribution < -0.4 is 0 Å². The Kier molecular flexibility index (Phi) is 3.47. The molecule has 0 spiro atoms. The van der Waals surface area contributed by atoms with Crippen LogP contribution in [0.25, 0.3) is 0 Å². The third-order valence-electron chi connectivity index (χ3n) is 2.35. The van der Waals surface area contributed by atoms with Crippen molar-refractivity contribution in [3.05, 3.63) is 35.9 Å². The molecule has 0 aliphatic heterocycles. The predicted molar refractivity (Wildman–Crippen MR) is 60.4 cm³/mol. The second kappa shape index (κ2) is 4.41. The third kappa shape index (κ3) is 3.58. The van der Waals surface area contributed by atoms with Crippen molar-refractivity contribution in [3.8, 4) is 0 Å². The maximum atomic E-state index is 5.55. The number of hydrogen-bond acceptors (Lipinski definition) is 0. The molecule has 13 heavy (non-hydrogen) atoms. The molecule has 1 heteroatoms. The summed E-state index contributed by atoms with van der Waals surface area (Å²) in [5.41, 5.74) is 1.54. The van der Waals surface area contributed by atoms with E-state index in [-0.39, 0.29) is 5.41 Å². The van der Waals surface area contributed by atoms with E-state index >= 15 is 0 Å². The molecule has 0 amide bonds. The van der Waals surface area contributed by atoms with E-state index in [2.05, 4.69) is 38.1 Å². The van der Waals surface area contributed by atoms with Crippen molar-refractivity contribution in [2.75, 3.05) is 0 Å². The van der Waals surface area contributed by atoms with E-state index in [1.54, 1.807) is 5.97 Å². The maximum absolute atomic E-state index is 5.55. The van der Waals surface area contributed by atoms with Gasteiger partial charge in [0.15, 0.2) is 0 Å². The molecule has 1 aromatic rings. The fraction of sp³-hybridized carbons (Fsp3) is 0.417. The molecule has 0 unspecified atom stereocenters. The van der Waals surface area contributed by atoms with E-state index in [1.807, 2.05) is 6.07 Å². The summed E-state index contributed by atoms with van der Waals surface area (Å²) in [6.07, 6.45) is 2.20. The Balaban J connectivity index is 2.48. The van der Waals surface area contributed by atoms with Crippen LogP contribution in [0.4, 0.5) is 0 Å². The zero-order valence-electron chi connectivity index (χ0n) is 8.46. The van der Waals surface area contributed by atoms with E-state index in [0.29, 0.717) is 0 Å². The van der Waals surface area contributed by atoms with Gasteiger partial charge in [-0.15, -0.1) is 0 Å². The van der Waals surface area contributed by atoms with E-state index < -0.39 is 0 Å². The Bertz CT molecular complexity index is 262. The van der Waals surface area contributed by atoms with Crippen molar-refractivity contribution in [2.45, 2.75) is 26.7 Å². The minimum atomic E-state index is 0.149. The summed E-state index contributed by atoms with van der Waals surface area (Å²) in [6.45, 7) is 4.33. The molecule has 0 nitrogen and oxygen atoms in total. The minimum absolute atomic E-state index is 0.149. The van der Waals surface area contributed by atoms with Gasteiger partial charge >= 0.3 is 81.5 Å². The van der Waals surface area contributed by atoms with Crippen LogP contribution in [0.5, 0.6) is 0 Å². The molecular formula is C12H16B. The average molecular weight is 171 g/mol. The first-order chi connectivity index (χ1) is 6.14. The van der Waals surface area contributed by atoms with Gasteiger partial charge in [0.25, 0.3) is 0 Å². The SMILES string of the molecule is [B]=CC(C)(C)CCc1ccccc1. The molecule has 0 saturated heterocycles. The summed E-state index contributed by atoms with van der Waals surface area (Å²) in [6, 6.07) is 10.5. The van der Waals surface area contributed by atoms with E-state index in [4.69, 9.17) is 7.49 Å². The van der Waals surface area contributed by atoms with Gasteiger partial charge in [-0.05, 0) is 0 Å². The van der Waals surface area contributed by atoms with Crippen LogP contribution in [-0.2, 0) is 6.42 Å². The fourth-order valence-corrected chi connectivity index (χ4v) is 1.19. The molecule has 0 aliphatic rings. The molecular weight excluding hydrogens is 155 g/mol. The molecule has 0 N–H and O–H groups in total. The van der Waals surface area contributed by atoms with Gasteiger partial charge in [-0.3, -0.25) is 0 Å². The van der Waals surface area contributed by atoms with E-state index in [1.165, 1.54) is 5.56 Å². The molecule has 1 aromatic carbocycles. The Morgan fingerprint density at radius 2 is 1.85 bits per heavy atom. The Hall–Kier alpha value is -0.845. The number of hydrogen-bond donors (Lipinski definition) is 0. The normalized spacial score (nSPS) is 11.2. The number of aryl methyl sites for hydroxylation is 1. The summed E-state index contributed by atoms with van der Waals surface area (Å²) in [5.74, 6) is 1.79. The van der Waals surface area contributed by atoms with Crippen molar-refractivity contribution in [2.24, 2.45) is 5.41 Å². The van der Waals surface area contributed by atoms with Gasteiger partial charge in [-0.1, -0.05) is 0 Å². The van der Waals surface area contributed by atoms with Crippen LogP contribution in [-0.4, -0.2) is 13.5 Å². The van der Waals surface area contributed by atoms with E-state index in [9.17, 15) is 0 Å². The summed E-state index contributed by atoms with van der Waals surface area (Å²) in [7, 11) is 5.55. The van der Waals surface area contributed by atoms with Crippen molar-refractivity contribution in [1.29, 1.82) is 0 Å². The fourth-order valence-electron chi connectivity index (χ4n) is 1.19. The van der Waals surface area contributed by atoms with Crippen molar-refractivity contribution in [1.82, 2.24) is 0 Å². The first kappa shape index (κ1) is 10.2. The molecule has 0 atom stereocenters. The van der Waals surface area contributed by atoms with Gasteiger partial charge < -0.3 is 0 Å². The van der Waals surface area contributed by atoms with Crippen LogP contribution in [0.15, 0.2) is 30.3 Å². The predicted octanol–water partition coefficient (Wildman–Crippen LogP) is 2.62. The van der Waals surface area contributed by atoms with Gasteiger partial charge in [0.2, 0.25) is 0 Å². The van der Waals surface area contributed by atoms with Gasteiger partial charge in [-0.25, -0.2) is 0 Å². The second-order valence-electron chi connectivity index (χ2n) is 4.14. The Morgan fingerprint density at radius 3 is 2.38 bits per heavy atom. The van der Waals surface area contributed by atoms with Crippen LogP contribution in [0, 0.1) is 5.41 Å². The first-order valence-electron chi connectivity index (χ1n) is 4.74. The third-order valence-corrected chi connectivity index (χ3v) is 2.35. The zero-order valence-corrected chi connectivity index (χ0v) is 8.46. The summed E-state index contributed by atoms with van der Waals surface area (Å²) in [5, 5.41) is 0. The van der Waals surface area contributed by atoms with Crippen molar-refractivity contribution < 1.29 is 0 Å². The topological polar surface area (TPSA) is 0 Å². The van der Waals surface area contributed by atoms with Gasteiger partial charge in [-0.2, -0.15) is 0 Å². The first-order valence-corrected chi connectivity index (χ1v) is 4.74. The molecule has 0 fully saturated rings. The number of benzene rings is 1. The molecule has 0 aromatic heterocycles. The summed E-state index contributed by atoms with van der Waals surface area (Å²) in [4.78, 5) is 0. The standard InChI is InChI=1S/C12H16B/c1-12(2,10-13)9-8-11-6-4-3-5-7-11/h3-7,10H,8-9H2,1-2H3. The monoisotopic (exact) mass is 171 g/mol. The molecule has 0 heterocycles. The van der Waals surface area contributed by atoms with Crippen LogP contribution in [0.1, 0.15) is 25.8 Å².